The minimum absolute atomic E-state index is 0.215. The van der Waals surface area contributed by atoms with Gasteiger partial charge >= 0.3 is 12.1 Å². The highest BCUT2D eigenvalue weighted by Gasteiger charge is 2.30. The molecule has 2 rings (SSSR count). The lowest BCUT2D eigenvalue weighted by Crippen LogP contribution is -2.04. The van der Waals surface area contributed by atoms with Crippen LogP contribution >= 0.6 is 11.6 Å². The summed E-state index contributed by atoms with van der Waals surface area (Å²) in [5.74, 6) is -1.13. The van der Waals surface area contributed by atoms with E-state index in [0.717, 1.165) is 18.2 Å². The molecular weight excluding hydrogens is 343 g/mol. The van der Waals surface area contributed by atoms with Gasteiger partial charge in [-0.25, -0.2) is 9.78 Å². The standard InChI is InChI=1S/C17H11ClF3NO2/c18-15-10-12(8-9-22-15)14(2-1-3-16(23)24)11-4-6-13(7-5-11)17(19,20)21/h1-10H,(H,23,24)/b3-1+,14-2+. The lowest BCUT2D eigenvalue weighted by molar-refractivity contribution is -0.137. The average molecular weight is 354 g/mol. The molecule has 1 aromatic heterocycles. The number of carboxylic acid groups (broad SMARTS) is 1. The van der Waals surface area contributed by atoms with Crippen LogP contribution in [-0.2, 0) is 11.0 Å². The number of nitrogens with zero attached hydrogens (tertiary/aromatic N) is 1. The van der Waals surface area contributed by atoms with Crippen molar-refractivity contribution in [2.45, 2.75) is 6.18 Å². The third-order valence-corrected chi connectivity index (χ3v) is 3.27. The zero-order valence-electron chi connectivity index (χ0n) is 12.1. The van der Waals surface area contributed by atoms with Crippen molar-refractivity contribution in [2.75, 3.05) is 0 Å². The lowest BCUT2D eigenvalue weighted by atomic mass is 9.97. The summed E-state index contributed by atoms with van der Waals surface area (Å²) in [6.07, 6.45) is 0.737. The van der Waals surface area contributed by atoms with Crippen LogP contribution in [0.4, 0.5) is 13.2 Å². The highest BCUT2D eigenvalue weighted by atomic mass is 35.5. The first-order valence-electron chi connectivity index (χ1n) is 6.68. The average Bonchev–Trinajstić information content (AvgIpc) is 2.50. The van der Waals surface area contributed by atoms with Gasteiger partial charge in [-0.05, 0) is 41.0 Å². The Hall–Kier alpha value is -2.60. The van der Waals surface area contributed by atoms with Crippen LogP contribution in [0.2, 0.25) is 5.15 Å². The first-order chi connectivity index (χ1) is 11.3. The number of halogens is 4. The number of benzene rings is 1. The minimum Gasteiger partial charge on any atom is -0.478 e. The number of aromatic nitrogens is 1. The number of aliphatic carboxylic acids is 1. The molecule has 0 saturated carbocycles. The molecular formula is C17H11ClF3NO2. The second-order valence-corrected chi connectivity index (χ2v) is 5.11. The molecule has 3 nitrogen and oxygen atoms in total. The maximum absolute atomic E-state index is 12.7. The predicted octanol–water partition coefficient (Wildman–Crippen LogP) is 4.83. The van der Waals surface area contributed by atoms with E-state index in [4.69, 9.17) is 16.7 Å². The van der Waals surface area contributed by atoms with E-state index in [1.807, 2.05) is 0 Å². The normalized spacial score (nSPS) is 12.6. The molecule has 0 atom stereocenters. The monoisotopic (exact) mass is 353 g/mol. The fraction of sp³-hybridized carbons (Fsp3) is 0.0588. The summed E-state index contributed by atoms with van der Waals surface area (Å²) in [5.41, 5.74) is 0.843. The van der Waals surface area contributed by atoms with Gasteiger partial charge in [0.1, 0.15) is 5.15 Å². The van der Waals surface area contributed by atoms with E-state index >= 15 is 0 Å². The summed E-state index contributed by atoms with van der Waals surface area (Å²) in [7, 11) is 0. The van der Waals surface area contributed by atoms with Crippen molar-refractivity contribution >= 4 is 23.1 Å². The maximum Gasteiger partial charge on any atom is 0.416 e. The van der Waals surface area contributed by atoms with Crippen molar-refractivity contribution in [3.8, 4) is 0 Å². The molecule has 7 heteroatoms. The minimum atomic E-state index is -4.43. The van der Waals surface area contributed by atoms with Crippen molar-refractivity contribution in [2.24, 2.45) is 0 Å². The topological polar surface area (TPSA) is 50.2 Å². The largest absolute Gasteiger partial charge is 0.478 e. The van der Waals surface area contributed by atoms with Crippen molar-refractivity contribution < 1.29 is 23.1 Å². The summed E-state index contributed by atoms with van der Waals surface area (Å²) in [5, 5.41) is 8.88. The van der Waals surface area contributed by atoms with Crippen molar-refractivity contribution in [1.82, 2.24) is 4.98 Å². The number of hydrogen-bond acceptors (Lipinski definition) is 2. The van der Waals surface area contributed by atoms with E-state index in [-0.39, 0.29) is 5.15 Å². The van der Waals surface area contributed by atoms with E-state index in [1.165, 1.54) is 30.5 Å². The third kappa shape index (κ3) is 4.70. The Labute approximate surface area is 140 Å². The summed E-state index contributed by atoms with van der Waals surface area (Å²) in [4.78, 5) is 14.4. The SMILES string of the molecule is O=C(O)/C=C/C=C(\c1ccc(C(F)(F)F)cc1)c1ccnc(Cl)c1. The number of carbonyl (C=O) groups is 1. The second kappa shape index (κ2) is 7.31. The highest BCUT2D eigenvalue weighted by molar-refractivity contribution is 6.29. The molecule has 0 amide bonds. The summed E-state index contributed by atoms with van der Waals surface area (Å²) in [6.45, 7) is 0. The van der Waals surface area contributed by atoms with Gasteiger partial charge in [0.25, 0.3) is 0 Å². The molecule has 0 aliphatic rings. The molecule has 0 radical (unpaired) electrons. The van der Waals surface area contributed by atoms with Crippen LogP contribution in [0.5, 0.6) is 0 Å². The molecule has 0 aliphatic heterocycles. The molecule has 0 aliphatic carbocycles. The van der Waals surface area contributed by atoms with Crippen LogP contribution in [0, 0.1) is 0 Å². The third-order valence-electron chi connectivity index (χ3n) is 3.06. The molecule has 0 spiro atoms. The van der Waals surface area contributed by atoms with Gasteiger partial charge in [0.2, 0.25) is 0 Å². The first kappa shape index (κ1) is 17.7. The molecule has 0 bridgehead atoms. The zero-order valence-corrected chi connectivity index (χ0v) is 12.8. The van der Waals surface area contributed by atoms with Crippen LogP contribution in [0.15, 0.2) is 60.8 Å². The molecule has 24 heavy (non-hydrogen) atoms. The Bertz CT molecular complexity index is 796. The smallest absolute Gasteiger partial charge is 0.416 e. The van der Waals surface area contributed by atoms with Crippen molar-refractivity contribution in [3.63, 3.8) is 0 Å². The van der Waals surface area contributed by atoms with Crippen molar-refractivity contribution in [1.29, 1.82) is 0 Å². The Morgan fingerprint density at radius 1 is 1.12 bits per heavy atom. The maximum atomic E-state index is 12.7. The number of alkyl halides is 3. The first-order valence-corrected chi connectivity index (χ1v) is 7.06. The molecule has 1 heterocycles. The molecule has 0 saturated heterocycles. The Morgan fingerprint density at radius 2 is 1.79 bits per heavy atom. The van der Waals surface area contributed by atoms with E-state index < -0.39 is 17.7 Å². The van der Waals surface area contributed by atoms with Gasteiger partial charge in [0.05, 0.1) is 5.56 Å². The second-order valence-electron chi connectivity index (χ2n) is 4.72. The number of rotatable bonds is 4. The van der Waals surface area contributed by atoms with Gasteiger partial charge in [-0.3, -0.25) is 0 Å². The fourth-order valence-electron chi connectivity index (χ4n) is 1.99. The molecule has 1 N–H and O–H groups in total. The Balaban J connectivity index is 2.48. The van der Waals surface area contributed by atoms with E-state index in [1.54, 1.807) is 12.1 Å². The summed E-state index contributed by atoms with van der Waals surface area (Å²) < 4.78 is 38.0. The summed E-state index contributed by atoms with van der Waals surface area (Å²) >= 11 is 5.85. The van der Waals surface area contributed by atoms with E-state index in [2.05, 4.69) is 4.98 Å². The Morgan fingerprint density at radius 3 is 2.33 bits per heavy atom. The summed E-state index contributed by atoms with van der Waals surface area (Å²) in [6, 6.07) is 7.73. The molecule has 124 valence electrons. The van der Waals surface area contributed by atoms with Crippen LogP contribution in [0.1, 0.15) is 16.7 Å². The van der Waals surface area contributed by atoms with Gasteiger partial charge in [0.15, 0.2) is 0 Å². The van der Waals surface area contributed by atoms with Gasteiger partial charge in [-0.1, -0.05) is 35.9 Å². The van der Waals surface area contributed by atoms with Gasteiger partial charge in [-0.2, -0.15) is 13.2 Å². The van der Waals surface area contributed by atoms with Gasteiger partial charge in [-0.15, -0.1) is 0 Å². The lowest BCUT2D eigenvalue weighted by Gasteiger charge is -2.11. The number of allylic oxidation sites excluding steroid dienone is 2. The zero-order chi connectivity index (χ0) is 17.7. The molecule has 1 aromatic carbocycles. The van der Waals surface area contributed by atoms with Crippen molar-refractivity contribution in [3.05, 3.63) is 82.7 Å². The van der Waals surface area contributed by atoms with Crippen LogP contribution in [0.25, 0.3) is 5.57 Å². The van der Waals surface area contributed by atoms with E-state index in [0.29, 0.717) is 16.7 Å². The van der Waals surface area contributed by atoms with Crippen LogP contribution in [0.3, 0.4) is 0 Å². The molecule has 0 fully saturated rings. The quantitative estimate of drug-likeness (QED) is 0.487. The Kier molecular flexibility index (Phi) is 5.41. The van der Waals surface area contributed by atoms with Gasteiger partial charge < -0.3 is 5.11 Å². The molecule has 0 unspecified atom stereocenters. The highest BCUT2D eigenvalue weighted by Crippen LogP contribution is 2.31. The van der Waals surface area contributed by atoms with Crippen LogP contribution < -0.4 is 0 Å². The molecule has 2 aromatic rings. The number of carboxylic acids is 1. The number of hydrogen-bond donors (Lipinski definition) is 1. The van der Waals surface area contributed by atoms with Crippen LogP contribution in [-0.4, -0.2) is 16.1 Å². The van der Waals surface area contributed by atoms with E-state index in [9.17, 15) is 18.0 Å². The van der Waals surface area contributed by atoms with Gasteiger partial charge in [0, 0.05) is 12.3 Å². The fourth-order valence-corrected chi connectivity index (χ4v) is 2.17. The predicted molar refractivity (Wildman–Crippen MR) is 84.5 cm³/mol. The number of pyridine rings is 1.